The van der Waals surface area contributed by atoms with Crippen LogP contribution >= 0.6 is 0 Å². The average molecular weight is 186 g/mol. The molecular weight excluding hydrogens is 170 g/mol. The Hall–Kier alpha value is -0.770. The molecule has 0 aromatic heterocycles. The van der Waals surface area contributed by atoms with E-state index in [2.05, 4.69) is 11.7 Å². The van der Waals surface area contributed by atoms with E-state index in [0.717, 1.165) is 25.9 Å². The largest absolute Gasteiger partial charge is 0.453 e. The van der Waals surface area contributed by atoms with E-state index in [-0.39, 0.29) is 12.2 Å². The number of amides is 1. The Morgan fingerprint density at radius 1 is 1.54 bits per heavy atom. The lowest BCUT2D eigenvalue weighted by atomic mass is 10.1. The minimum Gasteiger partial charge on any atom is -0.453 e. The number of ether oxygens (including phenoxy) is 2. The molecule has 0 unspecified atom stereocenters. The number of methoxy groups -OCH3 is 1. The molecule has 1 heterocycles. The molecule has 0 bridgehead atoms. The summed E-state index contributed by atoms with van der Waals surface area (Å²) >= 11 is 0. The molecular formula is C9H16NO3. The fourth-order valence-electron chi connectivity index (χ4n) is 1.50. The molecule has 0 atom stereocenters. The third kappa shape index (κ3) is 2.88. The Balaban J connectivity index is 2.26. The molecule has 0 aliphatic carbocycles. The quantitative estimate of drug-likeness (QED) is 0.647. The first-order chi connectivity index (χ1) is 6.27. The highest BCUT2D eigenvalue weighted by molar-refractivity contribution is 5.67. The summed E-state index contributed by atoms with van der Waals surface area (Å²) in [6.45, 7) is 5.56. The molecule has 1 aliphatic rings. The maximum absolute atomic E-state index is 11.1. The van der Waals surface area contributed by atoms with Gasteiger partial charge in [-0.2, -0.15) is 0 Å². The molecule has 1 aliphatic heterocycles. The van der Waals surface area contributed by atoms with Crippen LogP contribution in [0.15, 0.2) is 0 Å². The second kappa shape index (κ2) is 5.07. The van der Waals surface area contributed by atoms with Gasteiger partial charge in [0.2, 0.25) is 0 Å². The molecule has 0 N–H and O–H groups in total. The van der Waals surface area contributed by atoms with E-state index in [1.165, 1.54) is 7.11 Å². The SMILES string of the molecule is [CH2]COC1CCN(C(=O)OC)CC1. The predicted octanol–water partition coefficient (Wildman–Crippen LogP) is 1.07. The Kier molecular flexibility index (Phi) is 4.02. The fourth-order valence-corrected chi connectivity index (χ4v) is 1.50. The van der Waals surface area contributed by atoms with Crippen molar-refractivity contribution >= 4 is 6.09 Å². The lowest BCUT2D eigenvalue weighted by Crippen LogP contribution is -2.40. The molecule has 0 spiro atoms. The van der Waals surface area contributed by atoms with Crippen LogP contribution in [0.3, 0.4) is 0 Å². The summed E-state index contributed by atoms with van der Waals surface area (Å²) in [5.41, 5.74) is 0. The number of nitrogens with zero attached hydrogens (tertiary/aromatic N) is 1. The predicted molar refractivity (Wildman–Crippen MR) is 48.3 cm³/mol. The number of carbonyl (C=O) groups is 1. The number of piperidine rings is 1. The molecule has 4 heteroatoms. The van der Waals surface area contributed by atoms with Gasteiger partial charge in [0.05, 0.1) is 13.2 Å². The summed E-state index contributed by atoms with van der Waals surface area (Å²) in [5.74, 6) is 0. The smallest absolute Gasteiger partial charge is 0.409 e. The Labute approximate surface area is 78.8 Å². The van der Waals surface area contributed by atoms with Crippen LogP contribution in [-0.4, -0.2) is 43.9 Å². The van der Waals surface area contributed by atoms with E-state index in [1.54, 1.807) is 4.90 Å². The Morgan fingerprint density at radius 2 is 2.15 bits per heavy atom. The molecule has 1 amide bonds. The molecule has 0 aromatic rings. The lowest BCUT2D eigenvalue weighted by molar-refractivity contribution is 0.0208. The van der Waals surface area contributed by atoms with Crippen molar-refractivity contribution in [3.05, 3.63) is 6.92 Å². The van der Waals surface area contributed by atoms with Gasteiger partial charge in [0.15, 0.2) is 0 Å². The van der Waals surface area contributed by atoms with Crippen LogP contribution < -0.4 is 0 Å². The van der Waals surface area contributed by atoms with Crippen LogP contribution in [0.25, 0.3) is 0 Å². The monoisotopic (exact) mass is 186 g/mol. The highest BCUT2D eigenvalue weighted by Gasteiger charge is 2.22. The summed E-state index contributed by atoms with van der Waals surface area (Å²) in [6, 6.07) is 0. The third-order valence-electron chi connectivity index (χ3n) is 2.23. The van der Waals surface area contributed by atoms with Crippen LogP contribution in [0, 0.1) is 6.92 Å². The van der Waals surface area contributed by atoms with Gasteiger partial charge in [-0.15, -0.1) is 0 Å². The minimum atomic E-state index is -0.243. The zero-order valence-electron chi connectivity index (χ0n) is 7.99. The van der Waals surface area contributed by atoms with Gasteiger partial charge in [-0.25, -0.2) is 4.79 Å². The molecule has 13 heavy (non-hydrogen) atoms. The van der Waals surface area contributed by atoms with Gasteiger partial charge in [-0.1, -0.05) is 0 Å². The van der Waals surface area contributed by atoms with Gasteiger partial charge in [-0.3, -0.25) is 0 Å². The number of carbonyl (C=O) groups excluding carboxylic acids is 1. The minimum absolute atomic E-state index is 0.243. The van der Waals surface area contributed by atoms with E-state index in [1.807, 2.05) is 0 Å². The van der Waals surface area contributed by atoms with Gasteiger partial charge in [0.25, 0.3) is 0 Å². The first kappa shape index (κ1) is 10.3. The van der Waals surface area contributed by atoms with Crippen molar-refractivity contribution in [3.63, 3.8) is 0 Å². The molecule has 0 saturated carbocycles. The van der Waals surface area contributed by atoms with E-state index in [0.29, 0.717) is 6.61 Å². The van der Waals surface area contributed by atoms with Crippen LogP contribution in [-0.2, 0) is 9.47 Å². The van der Waals surface area contributed by atoms with Gasteiger partial charge in [0.1, 0.15) is 0 Å². The molecule has 1 saturated heterocycles. The second-order valence-corrected chi connectivity index (χ2v) is 3.03. The maximum Gasteiger partial charge on any atom is 0.409 e. The van der Waals surface area contributed by atoms with Crippen molar-refractivity contribution in [1.29, 1.82) is 0 Å². The standard InChI is InChI=1S/C9H16NO3/c1-3-13-8-4-6-10(7-5-8)9(11)12-2/h8H,1,3-7H2,2H3. The highest BCUT2D eigenvalue weighted by atomic mass is 16.5. The van der Waals surface area contributed by atoms with Gasteiger partial charge in [0, 0.05) is 19.7 Å². The first-order valence-electron chi connectivity index (χ1n) is 4.51. The van der Waals surface area contributed by atoms with Crippen molar-refractivity contribution in [2.75, 3.05) is 26.8 Å². The highest BCUT2D eigenvalue weighted by Crippen LogP contribution is 2.13. The summed E-state index contributed by atoms with van der Waals surface area (Å²) < 4.78 is 9.97. The van der Waals surface area contributed by atoms with Crippen LogP contribution in [0.5, 0.6) is 0 Å². The van der Waals surface area contributed by atoms with E-state index in [4.69, 9.17) is 4.74 Å². The molecule has 1 rings (SSSR count). The van der Waals surface area contributed by atoms with Crippen molar-refractivity contribution in [2.45, 2.75) is 18.9 Å². The van der Waals surface area contributed by atoms with E-state index in [9.17, 15) is 4.79 Å². The normalized spacial score (nSPS) is 18.8. The number of rotatable bonds is 2. The lowest BCUT2D eigenvalue weighted by Gasteiger charge is -2.30. The number of hydrogen-bond acceptors (Lipinski definition) is 3. The van der Waals surface area contributed by atoms with E-state index < -0.39 is 0 Å². The van der Waals surface area contributed by atoms with Gasteiger partial charge in [-0.05, 0) is 19.8 Å². The molecule has 1 fully saturated rings. The molecule has 75 valence electrons. The molecule has 4 nitrogen and oxygen atoms in total. The zero-order chi connectivity index (χ0) is 9.68. The van der Waals surface area contributed by atoms with Crippen molar-refractivity contribution in [3.8, 4) is 0 Å². The molecule has 0 aromatic carbocycles. The Morgan fingerprint density at radius 3 is 2.62 bits per heavy atom. The molecule has 1 radical (unpaired) electrons. The van der Waals surface area contributed by atoms with E-state index >= 15 is 0 Å². The maximum atomic E-state index is 11.1. The topological polar surface area (TPSA) is 38.8 Å². The number of hydrogen-bond donors (Lipinski definition) is 0. The average Bonchev–Trinajstić information content (AvgIpc) is 2.18. The summed E-state index contributed by atoms with van der Waals surface area (Å²) in [7, 11) is 1.40. The van der Waals surface area contributed by atoms with Crippen LogP contribution in [0.2, 0.25) is 0 Å². The van der Waals surface area contributed by atoms with Gasteiger partial charge < -0.3 is 14.4 Å². The van der Waals surface area contributed by atoms with Gasteiger partial charge >= 0.3 is 6.09 Å². The second-order valence-electron chi connectivity index (χ2n) is 3.03. The zero-order valence-corrected chi connectivity index (χ0v) is 7.99. The Bertz CT molecular complexity index is 164. The van der Waals surface area contributed by atoms with Crippen molar-refractivity contribution in [2.24, 2.45) is 0 Å². The third-order valence-corrected chi connectivity index (χ3v) is 2.23. The first-order valence-corrected chi connectivity index (χ1v) is 4.51. The van der Waals surface area contributed by atoms with Crippen LogP contribution in [0.1, 0.15) is 12.8 Å². The van der Waals surface area contributed by atoms with Crippen molar-refractivity contribution < 1.29 is 14.3 Å². The summed E-state index contributed by atoms with van der Waals surface area (Å²) in [6.07, 6.45) is 1.78. The summed E-state index contributed by atoms with van der Waals surface area (Å²) in [4.78, 5) is 12.8. The number of likely N-dealkylation sites (tertiary alicyclic amines) is 1. The fraction of sp³-hybridized carbons (Fsp3) is 0.778. The van der Waals surface area contributed by atoms with Crippen LogP contribution in [0.4, 0.5) is 4.79 Å². The van der Waals surface area contributed by atoms with Crippen molar-refractivity contribution in [1.82, 2.24) is 4.90 Å². The summed E-state index contributed by atoms with van der Waals surface area (Å²) in [5, 5.41) is 0.